The molecule has 1 fully saturated rings. The Kier molecular flexibility index (Phi) is 10.1. The lowest BCUT2D eigenvalue weighted by Gasteiger charge is -2.34. The molecule has 0 radical (unpaired) electrons. The molecule has 1 saturated carbocycles. The van der Waals surface area contributed by atoms with Crippen molar-refractivity contribution in [3.63, 3.8) is 0 Å². The number of hydrogen-bond acceptors (Lipinski definition) is 4. The van der Waals surface area contributed by atoms with Gasteiger partial charge in [-0.1, -0.05) is 79.9 Å². The van der Waals surface area contributed by atoms with E-state index in [9.17, 15) is 18.0 Å². The number of hydrogen-bond donors (Lipinski definition) is 1. The van der Waals surface area contributed by atoms with Crippen molar-refractivity contribution in [1.82, 2.24) is 10.2 Å². The maximum Gasteiger partial charge on any atom is 0.264 e. The van der Waals surface area contributed by atoms with Gasteiger partial charge in [0, 0.05) is 17.6 Å². The summed E-state index contributed by atoms with van der Waals surface area (Å²) >= 11 is 6.49. The molecule has 3 aromatic carbocycles. The molecular formula is C32H38ClN3O4S. The Bertz CT molecular complexity index is 1470. The Morgan fingerprint density at radius 1 is 0.976 bits per heavy atom. The van der Waals surface area contributed by atoms with Crippen molar-refractivity contribution in [2.45, 2.75) is 76.4 Å². The van der Waals surface area contributed by atoms with Gasteiger partial charge >= 0.3 is 0 Å². The average molecular weight is 596 g/mol. The van der Waals surface area contributed by atoms with Crippen LogP contribution in [0.4, 0.5) is 5.69 Å². The van der Waals surface area contributed by atoms with Crippen LogP contribution in [0.15, 0.2) is 77.7 Å². The molecule has 0 aliphatic heterocycles. The lowest BCUT2D eigenvalue weighted by Crippen LogP contribution is -2.53. The van der Waals surface area contributed by atoms with Gasteiger partial charge in [0.2, 0.25) is 11.8 Å². The number of nitrogens with one attached hydrogen (secondary N) is 1. The molecule has 9 heteroatoms. The first kappa shape index (κ1) is 30.6. The van der Waals surface area contributed by atoms with Crippen LogP contribution in [0.2, 0.25) is 5.02 Å². The molecule has 1 N–H and O–H groups in total. The summed E-state index contributed by atoms with van der Waals surface area (Å²) in [6.45, 7) is 5.15. The number of benzene rings is 3. The van der Waals surface area contributed by atoms with E-state index in [0.717, 1.165) is 35.6 Å². The van der Waals surface area contributed by atoms with Gasteiger partial charge in [0.25, 0.3) is 10.0 Å². The van der Waals surface area contributed by atoms with Gasteiger partial charge in [-0.25, -0.2) is 8.42 Å². The third-order valence-electron chi connectivity index (χ3n) is 7.63. The number of sulfonamides is 1. The number of amides is 2. The van der Waals surface area contributed by atoms with E-state index in [2.05, 4.69) is 5.32 Å². The van der Waals surface area contributed by atoms with Crippen LogP contribution >= 0.6 is 11.6 Å². The summed E-state index contributed by atoms with van der Waals surface area (Å²) in [4.78, 5) is 29.4. The number of nitrogens with zero attached hydrogens (tertiary/aromatic N) is 2. The van der Waals surface area contributed by atoms with Gasteiger partial charge in [-0.3, -0.25) is 13.9 Å². The molecule has 1 atom stereocenters. The monoisotopic (exact) mass is 595 g/mol. The molecule has 0 saturated heterocycles. The van der Waals surface area contributed by atoms with E-state index in [4.69, 9.17) is 11.6 Å². The third kappa shape index (κ3) is 7.29. The van der Waals surface area contributed by atoms with Crippen LogP contribution < -0.4 is 9.62 Å². The lowest BCUT2D eigenvalue weighted by atomic mass is 10.1. The first-order valence-corrected chi connectivity index (χ1v) is 15.9. The highest BCUT2D eigenvalue weighted by Crippen LogP contribution is 2.29. The van der Waals surface area contributed by atoms with Crippen LogP contribution in [-0.2, 0) is 26.2 Å². The predicted octanol–water partition coefficient (Wildman–Crippen LogP) is 6.02. The van der Waals surface area contributed by atoms with Crippen LogP contribution in [-0.4, -0.2) is 43.8 Å². The highest BCUT2D eigenvalue weighted by molar-refractivity contribution is 7.92. The zero-order chi connectivity index (χ0) is 29.6. The molecule has 4 rings (SSSR count). The minimum atomic E-state index is -4.12. The summed E-state index contributed by atoms with van der Waals surface area (Å²) in [5, 5.41) is 3.60. The van der Waals surface area contributed by atoms with Crippen molar-refractivity contribution >= 4 is 39.1 Å². The van der Waals surface area contributed by atoms with Gasteiger partial charge in [-0.2, -0.15) is 0 Å². The van der Waals surface area contributed by atoms with Gasteiger partial charge in [0.05, 0.1) is 10.6 Å². The van der Waals surface area contributed by atoms with Crippen molar-refractivity contribution in [2.75, 3.05) is 10.8 Å². The number of rotatable bonds is 11. The molecular weight excluding hydrogens is 558 g/mol. The standard InChI is InChI=1S/C32H38ClN3O4S/c1-4-29(32(38)34-26-13-9-10-14-26)35(21-25-12-8-11-17-28(25)33)31(37)22-36(30-20-23(2)18-19-24(30)3)41(39,40)27-15-6-5-7-16-27/h5-8,11-12,15-20,26,29H,4,9-10,13-14,21-22H2,1-3H3,(H,34,38). The molecule has 3 aromatic rings. The van der Waals surface area contributed by atoms with Crippen LogP contribution in [0.25, 0.3) is 0 Å². The highest BCUT2D eigenvalue weighted by atomic mass is 35.5. The number of halogens is 1. The predicted molar refractivity (Wildman–Crippen MR) is 163 cm³/mol. The lowest BCUT2D eigenvalue weighted by molar-refractivity contribution is -0.140. The molecule has 0 heterocycles. The summed E-state index contributed by atoms with van der Waals surface area (Å²) in [5.74, 6) is -0.720. The maximum absolute atomic E-state index is 14.3. The summed E-state index contributed by atoms with van der Waals surface area (Å²) in [5.41, 5.74) is 2.68. The third-order valence-corrected chi connectivity index (χ3v) is 9.77. The van der Waals surface area contributed by atoms with E-state index in [0.29, 0.717) is 28.3 Å². The molecule has 0 spiro atoms. The van der Waals surface area contributed by atoms with Crippen molar-refractivity contribution in [2.24, 2.45) is 0 Å². The molecule has 7 nitrogen and oxygen atoms in total. The zero-order valence-electron chi connectivity index (χ0n) is 23.8. The van der Waals surface area contributed by atoms with Gasteiger partial charge in [0.15, 0.2) is 0 Å². The van der Waals surface area contributed by atoms with Gasteiger partial charge in [-0.05, 0) is 74.1 Å². The fourth-order valence-corrected chi connectivity index (χ4v) is 7.01. The normalized spacial score (nSPS) is 14.4. The second-order valence-corrected chi connectivity index (χ2v) is 12.9. The Morgan fingerprint density at radius 2 is 1.63 bits per heavy atom. The van der Waals surface area contributed by atoms with Crippen molar-refractivity contribution in [3.8, 4) is 0 Å². The molecule has 0 aromatic heterocycles. The van der Waals surface area contributed by atoms with E-state index in [1.807, 2.05) is 45.0 Å². The minimum Gasteiger partial charge on any atom is -0.352 e. The van der Waals surface area contributed by atoms with E-state index in [1.165, 1.54) is 17.0 Å². The summed E-state index contributed by atoms with van der Waals surface area (Å²) in [7, 11) is -4.12. The second kappa shape index (κ2) is 13.5. The molecule has 41 heavy (non-hydrogen) atoms. The minimum absolute atomic E-state index is 0.0706. The molecule has 1 unspecified atom stereocenters. The largest absolute Gasteiger partial charge is 0.352 e. The highest BCUT2D eigenvalue weighted by Gasteiger charge is 2.35. The zero-order valence-corrected chi connectivity index (χ0v) is 25.4. The van der Waals surface area contributed by atoms with Gasteiger partial charge < -0.3 is 10.2 Å². The average Bonchev–Trinajstić information content (AvgIpc) is 3.47. The number of anilines is 1. The number of aryl methyl sites for hydroxylation is 2. The first-order chi connectivity index (χ1) is 19.6. The van der Waals surface area contributed by atoms with E-state index in [-0.39, 0.29) is 23.4 Å². The Labute approximate surface area is 248 Å². The Hall–Kier alpha value is -3.36. The quantitative estimate of drug-likeness (QED) is 0.294. The molecule has 1 aliphatic carbocycles. The molecule has 218 valence electrons. The van der Waals surface area contributed by atoms with Crippen molar-refractivity contribution in [1.29, 1.82) is 0 Å². The summed E-state index contributed by atoms with van der Waals surface area (Å²) < 4.78 is 29.2. The fourth-order valence-electron chi connectivity index (χ4n) is 5.32. The van der Waals surface area contributed by atoms with Gasteiger partial charge in [0.1, 0.15) is 12.6 Å². The van der Waals surface area contributed by atoms with E-state index in [1.54, 1.807) is 36.4 Å². The number of carbonyl (C=O) groups is 2. The van der Waals surface area contributed by atoms with E-state index < -0.39 is 28.5 Å². The molecule has 0 bridgehead atoms. The number of carbonyl (C=O) groups excluding carboxylic acids is 2. The molecule has 2 amide bonds. The van der Waals surface area contributed by atoms with Crippen molar-refractivity contribution < 1.29 is 18.0 Å². The summed E-state index contributed by atoms with van der Waals surface area (Å²) in [6.07, 6.45) is 4.31. The van der Waals surface area contributed by atoms with Crippen LogP contribution in [0.1, 0.15) is 55.7 Å². The fraction of sp³-hybridized carbons (Fsp3) is 0.375. The Balaban J connectivity index is 1.75. The smallest absolute Gasteiger partial charge is 0.264 e. The van der Waals surface area contributed by atoms with Gasteiger partial charge in [-0.15, -0.1) is 0 Å². The maximum atomic E-state index is 14.3. The van der Waals surface area contributed by atoms with Crippen LogP contribution in [0.3, 0.4) is 0 Å². The van der Waals surface area contributed by atoms with E-state index >= 15 is 0 Å². The van der Waals surface area contributed by atoms with Crippen LogP contribution in [0.5, 0.6) is 0 Å². The first-order valence-electron chi connectivity index (χ1n) is 14.1. The topological polar surface area (TPSA) is 86.8 Å². The van der Waals surface area contributed by atoms with Crippen molar-refractivity contribution in [3.05, 3.63) is 94.5 Å². The Morgan fingerprint density at radius 3 is 2.29 bits per heavy atom. The SMILES string of the molecule is CCC(C(=O)NC1CCCC1)N(Cc1ccccc1Cl)C(=O)CN(c1cc(C)ccc1C)S(=O)(=O)c1ccccc1. The van der Waals surface area contributed by atoms with Crippen LogP contribution in [0, 0.1) is 13.8 Å². The second-order valence-electron chi connectivity index (χ2n) is 10.6. The summed E-state index contributed by atoms with van der Waals surface area (Å²) in [6, 6.07) is 20.1. The molecule has 1 aliphatic rings.